The molecule has 2 aromatic carbocycles. The Labute approximate surface area is 184 Å². The Hall–Kier alpha value is -3.27. The molecule has 1 aliphatic heterocycles. The van der Waals surface area contributed by atoms with Gasteiger partial charge in [0.15, 0.2) is 16.8 Å². The Bertz CT molecular complexity index is 1180. The number of thiazole rings is 1. The van der Waals surface area contributed by atoms with E-state index in [0.717, 1.165) is 35.6 Å². The van der Waals surface area contributed by atoms with Crippen LogP contribution in [0.15, 0.2) is 41.8 Å². The fraction of sp³-hybridized carbons (Fsp3) is 0.227. The minimum atomic E-state index is -0.983. The normalized spacial score (nSPS) is 14.4. The summed E-state index contributed by atoms with van der Waals surface area (Å²) in [7, 11) is 0. The first-order valence-corrected chi connectivity index (χ1v) is 10.7. The third-order valence-corrected chi connectivity index (χ3v) is 6.02. The van der Waals surface area contributed by atoms with E-state index in [1.807, 2.05) is 0 Å². The van der Waals surface area contributed by atoms with Crippen LogP contribution in [0, 0.1) is 29.2 Å². The van der Waals surface area contributed by atoms with E-state index in [1.54, 1.807) is 5.38 Å². The van der Waals surface area contributed by atoms with Gasteiger partial charge in [0, 0.05) is 36.0 Å². The van der Waals surface area contributed by atoms with Gasteiger partial charge in [-0.25, -0.2) is 22.5 Å². The highest BCUT2D eigenvalue weighted by atomic mass is 32.1. The van der Waals surface area contributed by atoms with Crippen molar-refractivity contribution in [3.63, 3.8) is 0 Å². The van der Waals surface area contributed by atoms with Gasteiger partial charge in [-0.2, -0.15) is 0 Å². The second kappa shape index (κ2) is 9.07. The lowest BCUT2D eigenvalue weighted by molar-refractivity contribution is -0.121. The number of amides is 2. The van der Waals surface area contributed by atoms with E-state index in [2.05, 4.69) is 10.3 Å². The molecule has 1 N–H and O–H groups in total. The first kappa shape index (κ1) is 21.9. The molecule has 3 aromatic rings. The number of carbonyl (C=O) groups excluding carboxylic acids is 2. The quantitative estimate of drug-likeness (QED) is 0.563. The topological polar surface area (TPSA) is 62.3 Å². The van der Waals surface area contributed by atoms with Crippen LogP contribution in [-0.4, -0.2) is 34.8 Å². The van der Waals surface area contributed by atoms with Gasteiger partial charge < -0.3 is 10.2 Å². The van der Waals surface area contributed by atoms with Gasteiger partial charge in [-0.3, -0.25) is 9.59 Å². The molecule has 1 aliphatic rings. The van der Waals surface area contributed by atoms with Crippen molar-refractivity contribution in [2.45, 2.75) is 12.8 Å². The number of carbonyl (C=O) groups is 2. The lowest BCUT2D eigenvalue weighted by Gasteiger charge is -2.31. The van der Waals surface area contributed by atoms with E-state index < -0.39 is 29.2 Å². The van der Waals surface area contributed by atoms with E-state index in [0.29, 0.717) is 35.3 Å². The Morgan fingerprint density at radius 2 is 1.72 bits per heavy atom. The van der Waals surface area contributed by atoms with Crippen LogP contribution in [-0.2, 0) is 4.79 Å². The lowest BCUT2D eigenvalue weighted by Crippen LogP contribution is -2.41. The predicted octanol–water partition coefficient (Wildman–Crippen LogP) is 4.86. The molecule has 0 spiro atoms. The largest absolute Gasteiger partial charge is 0.339 e. The van der Waals surface area contributed by atoms with Gasteiger partial charge in [-0.15, -0.1) is 11.3 Å². The van der Waals surface area contributed by atoms with E-state index in [-0.39, 0.29) is 30.5 Å². The van der Waals surface area contributed by atoms with Crippen LogP contribution in [0.3, 0.4) is 0 Å². The molecule has 0 atom stereocenters. The number of anilines is 1. The first-order chi connectivity index (χ1) is 15.3. The van der Waals surface area contributed by atoms with Crippen molar-refractivity contribution in [1.82, 2.24) is 9.88 Å². The molecule has 0 aliphatic carbocycles. The van der Waals surface area contributed by atoms with E-state index in [4.69, 9.17) is 0 Å². The summed E-state index contributed by atoms with van der Waals surface area (Å²) in [4.78, 5) is 30.8. The Morgan fingerprint density at radius 1 is 0.969 bits per heavy atom. The Balaban J connectivity index is 1.34. The maximum atomic E-state index is 13.9. The molecule has 0 saturated carbocycles. The maximum Gasteiger partial charge on any atom is 0.256 e. The number of aromatic nitrogens is 1. The molecule has 5 nitrogen and oxygen atoms in total. The average molecular weight is 463 g/mol. The third kappa shape index (κ3) is 4.64. The van der Waals surface area contributed by atoms with Crippen molar-refractivity contribution < 1.29 is 27.2 Å². The number of rotatable bonds is 4. The molecular formula is C22H17F4N3O2S. The van der Waals surface area contributed by atoms with Crippen LogP contribution in [0.25, 0.3) is 11.3 Å². The van der Waals surface area contributed by atoms with Crippen molar-refractivity contribution in [3.05, 3.63) is 70.6 Å². The molecular weight excluding hydrogens is 446 g/mol. The Kier molecular flexibility index (Phi) is 6.22. The molecule has 10 heteroatoms. The summed E-state index contributed by atoms with van der Waals surface area (Å²) in [5, 5.41) is 4.66. The van der Waals surface area contributed by atoms with Crippen molar-refractivity contribution in [2.75, 3.05) is 18.4 Å². The number of benzene rings is 2. The first-order valence-electron chi connectivity index (χ1n) is 9.78. The van der Waals surface area contributed by atoms with Gasteiger partial charge >= 0.3 is 0 Å². The summed E-state index contributed by atoms with van der Waals surface area (Å²) in [5.41, 5.74) is 0.591. The highest BCUT2D eigenvalue weighted by Crippen LogP contribution is 2.28. The smallest absolute Gasteiger partial charge is 0.256 e. The molecule has 32 heavy (non-hydrogen) atoms. The summed E-state index contributed by atoms with van der Waals surface area (Å²) >= 11 is 1.16. The number of halogens is 4. The maximum absolute atomic E-state index is 13.9. The number of nitrogens with one attached hydrogen (secondary N) is 1. The minimum Gasteiger partial charge on any atom is -0.339 e. The fourth-order valence-electron chi connectivity index (χ4n) is 3.50. The second-order valence-electron chi connectivity index (χ2n) is 7.35. The average Bonchev–Trinajstić information content (AvgIpc) is 3.24. The molecule has 2 heterocycles. The third-order valence-electron chi connectivity index (χ3n) is 5.26. The summed E-state index contributed by atoms with van der Waals surface area (Å²) in [6.07, 6.45) is 0.754. The van der Waals surface area contributed by atoms with Crippen molar-refractivity contribution in [3.8, 4) is 11.3 Å². The van der Waals surface area contributed by atoms with Crippen LogP contribution >= 0.6 is 11.3 Å². The summed E-state index contributed by atoms with van der Waals surface area (Å²) in [6, 6.07) is 6.24. The van der Waals surface area contributed by atoms with Gasteiger partial charge in [0.1, 0.15) is 11.6 Å². The zero-order chi connectivity index (χ0) is 22.8. The summed E-state index contributed by atoms with van der Waals surface area (Å²) < 4.78 is 53.5. The number of hydrogen-bond donors (Lipinski definition) is 1. The zero-order valence-corrected chi connectivity index (χ0v) is 17.4. The molecule has 4 rings (SSSR count). The SMILES string of the molecule is O=C(Nc1nc(-c2ccc(F)c(F)c2)cs1)C1CCN(C(=O)c2ccc(F)cc2F)CC1. The monoisotopic (exact) mass is 463 g/mol. The van der Waals surface area contributed by atoms with Gasteiger partial charge in [-0.05, 0) is 43.2 Å². The van der Waals surface area contributed by atoms with Crippen LogP contribution < -0.4 is 5.32 Å². The molecule has 2 amide bonds. The Morgan fingerprint density at radius 3 is 2.41 bits per heavy atom. The fourth-order valence-corrected chi connectivity index (χ4v) is 4.23. The van der Waals surface area contributed by atoms with E-state index in [9.17, 15) is 27.2 Å². The molecule has 0 unspecified atom stereocenters. The summed E-state index contributed by atoms with van der Waals surface area (Å²) in [5.74, 6) is -4.80. The standard InChI is InChI=1S/C22H17F4N3O2S/c23-14-2-3-15(17(25)10-14)21(31)29-7-5-12(6-8-29)20(30)28-22-27-19(11-32-22)13-1-4-16(24)18(26)9-13/h1-4,9-12H,5-8H2,(H,27,28,30). The molecule has 1 saturated heterocycles. The van der Waals surface area contributed by atoms with Gasteiger partial charge in [-0.1, -0.05) is 0 Å². The molecule has 0 bridgehead atoms. The van der Waals surface area contributed by atoms with Gasteiger partial charge in [0.05, 0.1) is 11.3 Å². The second-order valence-corrected chi connectivity index (χ2v) is 8.20. The lowest BCUT2D eigenvalue weighted by atomic mass is 9.95. The minimum absolute atomic E-state index is 0.207. The van der Waals surface area contributed by atoms with Crippen LogP contribution in [0.4, 0.5) is 22.7 Å². The molecule has 0 radical (unpaired) electrons. The van der Waals surface area contributed by atoms with Gasteiger partial charge in [0.2, 0.25) is 5.91 Å². The number of hydrogen-bond acceptors (Lipinski definition) is 4. The molecule has 1 fully saturated rings. The molecule has 166 valence electrons. The van der Waals surface area contributed by atoms with Crippen LogP contribution in [0.5, 0.6) is 0 Å². The highest BCUT2D eigenvalue weighted by Gasteiger charge is 2.29. The number of likely N-dealkylation sites (tertiary alicyclic amines) is 1. The predicted molar refractivity (Wildman–Crippen MR) is 111 cm³/mol. The number of nitrogens with zero attached hydrogens (tertiary/aromatic N) is 2. The zero-order valence-electron chi connectivity index (χ0n) is 16.6. The van der Waals surface area contributed by atoms with Crippen LogP contribution in [0.1, 0.15) is 23.2 Å². The van der Waals surface area contributed by atoms with E-state index >= 15 is 0 Å². The summed E-state index contributed by atoms with van der Waals surface area (Å²) in [6.45, 7) is 0.511. The van der Waals surface area contributed by atoms with Crippen LogP contribution in [0.2, 0.25) is 0 Å². The van der Waals surface area contributed by atoms with Crippen molar-refractivity contribution >= 4 is 28.3 Å². The highest BCUT2D eigenvalue weighted by molar-refractivity contribution is 7.14. The number of piperidine rings is 1. The van der Waals surface area contributed by atoms with Crippen molar-refractivity contribution in [2.24, 2.45) is 5.92 Å². The van der Waals surface area contributed by atoms with Gasteiger partial charge in [0.25, 0.3) is 5.91 Å². The molecule has 1 aromatic heterocycles. The van der Waals surface area contributed by atoms with E-state index in [1.165, 1.54) is 11.0 Å². The van der Waals surface area contributed by atoms with Crippen molar-refractivity contribution in [1.29, 1.82) is 0 Å².